The Bertz CT molecular complexity index is 945. The third kappa shape index (κ3) is 5.73. The molecule has 1 saturated carbocycles. The molecule has 4 rings (SSSR count). The van der Waals surface area contributed by atoms with Gasteiger partial charge in [0.05, 0.1) is 37.1 Å². The van der Waals surface area contributed by atoms with Crippen LogP contribution in [0.15, 0.2) is 24.2 Å². The zero-order valence-corrected chi connectivity index (χ0v) is 23.5. The minimum atomic E-state index is -0.335. The van der Waals surface area contributed by atoms with Gasteiger partial charge in [-0.2, -0.15) is 0 Å². The third-order valence-corrected chi connectivity index (χ3v) is 8.32. The molecule has 3 aliphatic rings. The van der Waals surface area contributed by atoms with Crippen molar-refractivity contribution in [3.05, 3.63) is 29.9 Å². The van der Waals surface area contributed by atoms with Crippen molar-refractivity contribution in [1.82, 2.24) is 9.55 Å². The fourth-order valence-corrected chi connectivity index (χ4v) is 6.24. The number of rotatable bonds is 11. The van der Waals surface area contributed by atoms with Gasteiger partial charge in [0.15, 0.2) is 0 Å². The van der Waals surface area contributed by atoms with Crippen molar-refractivity contribution < 1.29 is 23.7 Å². The number of nitrogens with zero attached hydrogens (tertiary/aromatic N) is 2. The molecule has 202 valence electrons. The molecule has 7 nitrogen and oxygen atoms in total. The molecule has 36 heavy (non-hydrogen) atoms. The molecule has 3 fully saturated rings. The number of allylic oxidation sites excluding steroid dienone is 1. The van der Waals surface area contributed by atoms with Crippen molar-refractivity contribution >= 4 is 5.97 Å². The minimum absolute atomic E-state index is 0.0159. The number of epoxide rings is 2. The normalized spacial score (nSPS) is 34.2. The number of hydrogen-bond acceptors (Lipinski definition) is 6. The van der Waals surface area contributed by atoms with Gasteiger partial charge in [0, 0.05) is 25.8 Å². The van der Waals surface area contributed by atoms with Crippen molar-refractivity contribution in [2.45, 2.75) is 116 Å². The van der Waals surface area contributed by atoms with Crippen LogP contribution in [0.3, 0.4) is 0 Å². The molecule has 1 aromatic rings. The lowest BCUT2D eigenvalue weighted by Crippen LogP contribution is -2.55. The maximum absolute atomic E-state index is 13.3. The van der Waals surface area contributed by atoms with Gasteiger partial charge in [-0.1, -0.05) is 39.3 Å². The monoisotopic (exact) mass is 502 g/mol. The summed E-state index contributed by atoms with van der Waals surface area (Å²) in [4.78, 5) is 17.9. The van der Waals surface area contributed by atoms with Crippen LogP contribution in [0.25, 0.3) is 0 Å². The number of esters is 1. The summed E-state index contributed by atoms with van der Waals surface area (Å²) < 4.78 is 26.6. The van der Waals surface area contributed by atoms with Gasteiger partial charge < -0.3 is 23.5 Å². The largest absolute Gasteiger partial charge is 0.460 e. The molecule has 1 spiro atoms. The number of ether oxygens (including phenoxy) is 4. The lowest BCUT2D eigenvalue weighted by Gasteiger charge is -2.42. The summed E-state index contributed by atoms with van der Waals surface area (Å²) in [6, 6.07) is 0. The van der Waals surface area contributed by atoms with E-state index in [0.717, 1.165) is 38.1 Å². The summed E-state index contributed by atoms with van der Waals surface area (Å²) in [6.45, 7) is 16.7. The van der Waals surface area contributed by atoms with E-state index >= 15 is 0 Å². The van der Waals surface area contributed by atoms with Crippen LogP contribution in [0.1, 0.15) is 85.8 Å². The first-order chi connectivity index (χ1) is 17.0. The number of aromatic nitrogens is 2. The molecule has 7 heteroatoms. The highest BCUT2D eigenvalue weighted by atomic mass is 16.6. The molecule has 0 amide bonds. The Labute approximate surface area is 216 Å². The first-order valence-electron chi connectivity index (χ1n) is 13.7. The number of hydrogen-bond donors (Lipinski definition) is 0. The average Bonchev–Trinajstić information content (AvgIpc) is 3.66. The van der Waals surface area contributed by atoms with Crippen LogP contribution in [0, 0.1) is 17.8 Å². The fraction of sp³-hybridized carbons (Fsp3) is 0.793. The molecule has 2 saturated heterocycles. The Morgan fingerprint density at radius 1 is 1.31 bits per heavy atom. The first-order valence-corrected chi connectivity index (χ1v) is 13.7. The predicted octanol–water partition coefficient (Wildman–Crippen LogP) is 5.29. The van der Waals surface area contributed by atoms with Gasteiger partial charge in [-0.3, -0.25) is 4.79 Å². The van der Waals surface area contributed by atoms with E-state index in [2.05, 4.69) is 70.3 Å². The van der Waals surface area contributed by atoms with E-state index in [1.165, 1.54) is 5.57 Å². The van der Waals surface area contributed by atoms with E-state index in [9.17, 15) is 4.79 Å². The zero-order chi connectivity index (χ0) is 26.3. The van der Waals surface area contributed by atoms with Crippen LogP contribution in [-0.4, -0.2) is 58.8 Å². The smallest absolute Gasteiger partial charge is 0.306 e. The Morgan fingerprint density at radius 2 is 2.03 bits per heavy atom. The van der Waals surface area contributed by atoms with Crippen molar-refractivity contribution in [3.63, 3.8) is 0 Å². The predicted molar refractivity (Wildman–Crippen MR) is 139 cm³/mol. The average molecular weight is 503 g/mol. The summed E-state index contributed by atoms with van der Waals surface area (Å²) in [5, 5.41) is 0. The zero-order valence-electron chi connectivity index (χ0n) is 23.5. The molecule has 7 atom stereocenters. The molecule has 3 heterocycles. The highest BCUT2D eigenvalue weighted by Gasteiger charge is 2.72. The molecular formula is C29H46N2O5. The molecule has 0 radical (unpaired) electrons. The number of imidazole rings is 1. The number of carbonyl (C=O) groups is 1. The Kier molecular flexibility index (Phi) is 8.04. The summed E-state index contributed by atoms with van der Waals surface area (Å²) in [5.41, 5.74) is 1.69. The Balaban J connectivity index is 1.44. The molecule has 0 bridgehead atoms. The van der Waals surface area contributed by atoms with Crippen LogP contribution in [0.4, 0.5) is 0 Å². The van der Waals surface area contributed by atoms with Gasteiger partial charge in [-0.25, -0.2) is 4.98 Å². The summed E-state index contributed by atoms with van der Waals surface area (Å²) in [6.07, 6.45) is 8.55. The maximum atomic E-state index is 13.3. The van der Waals surface area contributed by atoms with Gasteiger partial charge in [-0.15, -0.1) is 0 Å². The summed E-state index contributed by atoms with van der Waals surface area (Å²) >= 11 is 0. The lowest BCUT2D eigenvalue weighted by molar-refractivity contribution is -0.172. The molecule has 0 N–H and O–H groups in total. The van der Waals surface area contributed by atoms with Crippen LogP contribution in [0.5, 0.6) is 0 Å². The second-order valence-electron chi connectivity index (χ2n) is 12.3. The van der Waals surface area contributed by atoms with E-state index in [1.807, 2.05) is 6.33 Å². The third-order valence-electron chi connectivity index (χ3n) is 8.32. The van der Waals surface area contributed by atoms with Crippen LogP contribution >= 0.6 is 0 Å². The molecular weight excluding hydrogens is 456 g/mol. The van der Waals surface area contributed by atoms with E-state index < -0.39 is 0 Å². The summed E-state index contributed by atoms with van der Waals surface area (Å²) in [5.74, 6) is 0.674. The standard InChI is InChI=1S/C29H46N2O5/c1-18(2)9-10-24-28(7,36-24)27-26(33-8)23(11-12-29(27)16-34-29)35-25(32)13-21(20(5)6)22-15-31(17-30-22)14-19(3)4/h9,15,17,19-21,23-24,26-27H,10-14,16H2,1-8H3/t21-,23+,24+,26+,27+,28-,29-/m0/s1. The second-order valence-corrected chi connectivity index (χ2v) is 12.3. The van der Waals surface area contributed by atoms with Gasteiger partial charge in [0.2, 0.25) is 0 Å². The van der Waals surface area contributed by atoms with Crippen molar-refractivity contribution in [3.8, 4) is 0 Å². The fourth-order valence-electron chi connectivity index (χ4n) is 6.24. The number of methoxy groups -OCH3 is 1. The van der Waals surface area contributed by atoms with Gasteiger partial charge in [-0.05, 0) is 51.9 Å². The van der Waals surface area contributed by atoms with E-state index in [4.69, 9.17) is 18.9 Å². The minimum Gasteiger partial charge on any atom is -0.460 e. The number of carbonyl (C=O) groups excluding carboxylic acids is 1. The molecule has 1 aliphatic carbocycles. The SMILES string of the molecule is CO[C@@H]1[C@H](OC(=O)C[C@H](c2cn(CC(C)C)cn2)C(C)C)CC[C@]2(CO2)[C@H]1[C@@]1(C)O[C@@H]1CC=C(C)C. The highest BCUT2D eigenvalue weighted by molar-refractivity contribution is 5.70. The topological polar surface area (TPSA) is 78.4 Å². The van der Waals surface area contributed by atoms with Crippen LogP contribution in [-0.2, 0) is 30.3 Å². The molecule has 2 aliphatic heterocycles. The van der Waals surface area contributed by atoms with Crippen LogP contribution in [0.2, 0.25) is 0 Å². The first kappa shape index (κ1) is 27.3. The van der Waals surface area contributed by atoms with Crippen molar-refractivity contribution in [1.29, 1.82) is 0 Å². The Morgan fingerprint density at radius 3 is 2.61 bits per heavy atom. The second kappa shape index (κ2) is 10.6. The van der Waals surface area contributed by atoms with E-state index in [-0.39, 0.29) is 53.2 Å². The van der Waals surface area contributed by atoms with Crippen molar-refractivity contribution in [2.24, 2.45) is 17.8 Å². The van der Waals surface area contributed by atoms with Crippen LogP contribution < -0.4 is 0 Å². The van der Waals surface area contributed by atoms with Gasteiger partial charge in [0.25, 0.3) is 0 Å². The molecule has 1 aromatic heterocycles. The molecule has 0 aromatic carbocycles. The quantitative estimate of drug-likeness (QED) is 0.232. The van der Waals surface area contributed by atoms with E-state index in [0.29, 0.717) is 12.3 Å². The lowest BCUT2D eigenvalue weighted by atomic mass is 9.68. The van der Waals surface area contributed by atoms with Gasteiger partial charge >= 0.3 is 5.97 Å². The maximum Gasteiger partial charge on any atom is 0.306 e. The van der Waals surface area contributed by atoms with E-state index in [1.54, 1.807) is 7.11 Å². The summed E-state index contributed by atoms with van der Waals surface area (Å²) in [7, 11) is 1.72. The Hall–Kier alpha value is -1.70. The van der Waals surface area contributed by atoms with Crippen molar-refractivity contribution in [2.75, 3.05) is 13.7 Å². The van der Waals surface area contributed by atoms with Gasteiger partial charge in [0.1, 0.15) is 23.4 Å². The molecule has 0 unspecified atom stereocenters. The highest BCUT2D eigenvalue weighted by Crippen LogP contribution is 2.59.